The van der Waals surface area contributed by atoms with E-state index in [1.807, 2.05) is 24.3 Å². The van der Waals surface area contributed by atoms with E-state index < -0.39 is 10.0 Å². The summed E-state index contributed by atoms with van der Waals surface area (Å²) >= 11 is 0. The van der Waals surface area contributed by atoms with Gasteiger partial charge in [-0.15, -0.1) is 0 Å². The van der Waals surface area contributed by atoms with E-state index in [0.717, 1.165) is 17.6 Å². The summed E-state index contributed by atoms with van der Waals surface area (Å²) in [6.07, 6.45) is 2.32. The highest BCUT2D eigenvalue weighted by atomic mass is 32.2. The predicted molar refractivity (Wildman–Crippen MR) is 124 cm³/mol. The van der Waals surface area contributed by atoms with Crippen molar-refractivity contribution in [3.05, 3.63) is 54.7 Å². The van der Waals surface area contributed by atoms with Crippen LogP contribution in [0.4, 0.5) is 27.7 Å². The van der Waals surface area contributed by atoms with Gasteiger partial charge in [0.05, 0.1) is 19.0 Å². The van der Waals surface area contributed by atoms with Crippen LogP contribution in [-0.4, -0.2) is 54.1 Å². The largest absolute Gasteiger partial charge is 0.447 e. The zero-order chi connectivity index (χ0) is 23.0. The topological polar surface area (TPSA) is 142 Å². The second-order valence-electron chi connectivity index (χ2n) is 7.42. The van der Waals surface area contributed by atoms with Gasteiger partial charge in [0.25, 0.3) is 0 Å². The minimum atomic E-state index is -3.41. The lowest BCUT2D eigenvalue weighted by molar-refractivity contribution is 0.181. The van der Waals surface area contributed by atoms with E-state index in [9.17, 15) is 13.2 Å². The quantitative estimate of drug-likeness (QED) is 0.394. The van der Waals surface area contributed by atoms with Gasteiger partial charge in [-0.3, -0.25) is 14.7 Å². The van der Waals surface area contributed by atoms with Crippen LogP contribution >= 0.6 is 0 Å². The maximum atomic E-state index is 11.8. The van der Waals surface area contributed by atoms with Crippen molar-refractivity contribution < 1.29 is 17.9 Å². The van der Waals surface area contributed by atoms with Gasteiger partial charge in [0.15, 0.2) is 11.6 Å². The first-order valence-corrected chi connectivity index (χ1v) is 11.9. The maximum absolute atomic E-state index is 11.8. The molecule has 1 fully saturated rings. The van der Waals surface area contributed by atoms with Crippen LogP contribution in [0.5, 0.6) is 0 Å². The number of fused-ring (bicyclic) bond motifs is 1. The number of cyclic esters (lactones) is 1. The van der Waals surface area contributed by atoms with Crippen LogP contribution in [0.25, 0.3) is 22.4 Å². The van der Waals surface area contributed by atoms with Gasteiger partial charge in [0, 0.05) is 22.6 Å². The highest BCUT2D eigenvalue weighted by Crippen LogP contribution is 2.28. The maximum Gasteiger partial charge on any atom is 0.414 e. The number of hydrogen-bond donors (Lipinski definition) is 3. The number of aromatic nitrogens is 4. The van der Waals surface area contributed by atoms with Gasteiger partial charge < -0.3 is 10.1 Å². The zero-order valence-corrected chi connectivity index (χ0v) is 18.3. The molecule has 0 unspecified atom stereocenters. The molecular weight excluding hydrogens is 446 g/mol. The van der Waals surface area contributed by atoms with Crippen LogP contribution < -0.4 is 14.9 Å². The van der Waals surface area contributed by atoms with Gasteiger partial charge in [-0.1, -0.05) is 12.1 Å². The molecule has 4 aromatic rings. The second kappa shape index (κ2) is 8.06. The first kappa shape index (κ1) is 20.7. The average molecular weight is 465 g/mol. The van der Waals surface area contributed by atoms with Gasteiger partial charge in [-0.05, 0) is 36.4 Å². The van der Waals surface area contributed by atoms with Crippen molar-refractivity contribution in [3.8, 4) is 11.4 Å². The predicted octanol–water partition coefficient (Wildman–Crippen LogP) is 3.09. The summed E-state index contributed by atoms with van der Waals surface area (Å²) in [7, 11) is -3.41. The molecule has 0 atom stereocenters. The number of sulfonamides is 1. The molecule has 2 aromatic heterocycles. The van der Waals surface area contributed by atoms with E-state index in [1.54, 1.807) is 35.4 Å². The van der Waals surface area contributed by atoms with E-state index in [2.05, 4.69) is 30.2 Å². The van der Waals surface area contributed by atoms with E-state index in [0.29, 0.717) is 47.1 Å². The SMILES string of the molecule is CS(=O)(=O)Nc1cccc(-c2nc(Nc3ccc(N4CCOC4=O)cc3)c3[nH]ncc3n2)c1. The molecule has 1 amide bonds. The van der Waals surface area contributed by atoms with Gasteiger partial charge in [-0.25, -0.2) is 23.2 Å². The molecule has 1 saturated heterocycles. The number of anilines is 4. The Bertz CT molecular complexity index is 1450. The number of hydrogen-bond acceptors (Lipinski definition) is 8. The lowest BCUT2D eigenvalue weighted by Gasteiger charge is -2.14. The van der Waals surface area contributed by atoms with Crippen molar-refractivity contribution in [2.75, 3.05) is 34.3 Å². The number of ether oxygens (including phenoxy) is 1. The van der Waals surface area contributed by atoms with Crippen molar-refractivity contribution in [1.29, 1.82) is 0 Å². The summed E-state index contributed by atoms with van der Waals surface area (Å²) in [6, 6.07) is 14.1. The van der Waals surface area contributed by atoms with Crippen LogP contribution in [0.15, 0.2) is 54.7 Å². The monoisotopic (exact) mass is 465 g/mol. The van der Waals surface area contributed by atoms with Crippen LogP contribution in [0.2, 0.25) is 0 Å². The number of aromatic amines is 1. The summed E-state index contributed by atoms with van der Waals surface area (Å²) in [4.78, 5) is 22.5. The standard InChI is InChI=1S/C21H19N7O4S/c1-33(30,31)27-15-4-2-3-13(11-15)19-24-17-12-22-26-18(17)20(25-19)23-14-5-7-16(8-6-14)28-9-10-32-21(28)29/h2-8,11-12,27H,9-10H2,1H3,(H,22,26)(H,23,24,25). The lowest BCUT2D eigenvalue weighted by atomic mass is 10.2. The van der Waals surface area contributed by atoms with Crippen molar-refractivity contribution in [2.24, 2.45) is 0 Å². The number of carbonyl (C=O) groups is 1. The molecule has 0 aliphatic carbocycles. The van der Waals surface area contributed by atoms with Crippen LogP contribution in [0.3, 0.4) is 0 Å². The molecule has 3 N–H and O–H groups in total. The molecule has 0 radical (unpaired) electrons. The highest BCUT2D eigenvalue weighted by Gasteiger charge is 2.23. The Hall–Kier alpha value is -4.19. The molecule has 1 aliphatic rings. The van der Waals surface area contributed by atoms with Crippen molar-refractivity contribution >= 4 is 50.0 Å². The number of benzene rings is 2. The minimum Gasteiger partial charge on any atom is -0.447 e. The average Bonchev–Trinajstić information content (AvgIpc) is 3.42. The summed E-state index contributed by atoms with van der Waals surface area (Å²) in [5, 5.41) is 10.2. The van der Waals surface area contributed by atoms with E-state index in [-0.39, 0.29) is 6.09 Å². The van der Waals surface area contributed by atoms with Gasteiger partial charge in [-0.2, -0.15) is 5.10 Å². The van der Waals surface area contributed by atoms with E-state index in [4.69, 9.17) is 4.74 Å². The molecule has 11 nitrogen and oxygen atoms in total. The van der Waals surface area contributed by atoms with Crippen LogP contribution in [0.1, 0.15) is 0 Å². The number of H-pyrrole nitrogens is 1. The van der Waals surface area contributed by atoms with E-state index in [1.165, 1.54) is 0 Å². The normalized spacial score (nSPS) is 13.8. The molecule has 0 spiro atoms. The Balaban J connectivity index is 1.46. The molecule has 1 aliphatic heterocycles. The number of nitrogens with zero attached hydrogens (tertiary/aromatic N) is 4. The third-order valence-corrected chi connectivity index (χ3v) is 5.53. The number of amides is 1. The lowest BCUT2D eigenvalue weighted by Crippen LogP contribution is -2.23. The minimum absolute atomic E-state index is 0.358. The first-order chi connectivity index (χ1) is 15.9. The third kappa shape index (κ3) is 4.41. The molecule has 33 heavy (non-hydrogen) atoms. The van der Waals surface area contributed by atoms with Crippen molar-refractivity contribution in [1.82, 2.24) is 20.2 Å². The van der Waals surface area contributed by atoms with Gasteiger partial charge in [0.1, 0.15) is 17.6 Å². The molecule has 12 heteroatoms. The molecular formula is C21H19N7O4S. The fourth-order valence-electron chi connectivity index (χ4n) is 3.48. The number of nitrogens with one attached hydrogen (secondary N) is 3. The van der Waals surface area contributed by atoms with Gasteiger partial charge in [0.2, 0.25) is 10.0 Å². The Kier molecular flexibility index (Phi) is 5.05. The molecule has 168 valence electrons. The Labute approximate surface area is 188 Å². The summed E-state index contributed by atoms with van der Waals surface area (Å²) in [6.45, 7) is 0.893. The number of carbonyl (C=O) groups excluding carboxylic acids is 1. The number of rotatable bonds is 6. The third-order valence-electron chi connectivity index (χ3n) is 4.93. The Morgan fingerprint density at radius 1 is 1.09 bits per heavy atom. The zero-order valence-electron chi connectivity index (χ0n) is 17.4. The van der Waals surface area contributed by atoms with E-state index >= 15 is 0 Å². The van der Waals surface area contributed by atoms with Gasteiger partial charge >= 0.3 is 6.09 Å². The smallest absolute Gasteiger partial charge is 0.414 e. The Morgan fingerprint density at radius 3 is 2.64 bits per heavy atom. The first-order valence-electron chi connectivity index (χ1n) is 9.96. The molecule has 3 heterocycles. The summed E-state index contributed by atoms with van der Waals surface area (Å²) in [5.41, 5.74) is 3.76. The molecule has 0 saturated carbocycles. The highest BCUT2D eigenvalue weighted by molar-refractivity contribution is 7.92. The second-order valence-corrected chi connectivity index (χ2v) is 9.17. The summed E-state index contributed by atoms with van der Waals surface area (Å²) in [5.74, 6) is 0.905. The molecule has 0 bridgehead atoms. The molecule has 2 aromatic carbocycles. The fourth-order valence-corrected chi connectivity index (χ4v) is 4.04. The van der Waals surface area contributed by atoms with Crippen molar-refractivity contribution in [2.45, 2.75) is 0 Å². The van der Waals surface area contributed by atoms with Crippen LogP contribution in [-0.2, 0) is 14.8 Å². The Morgan fingerprint density at radius 2 is 1.91 bits per heavy atom. The summed E-state index contributed by atoms with van der Waals surface area (Å²) < 4.78 is 30.6. The fraction of sp³-hybridized carbons (Fsp3) is 0.143. The van der Waals surface area contributed by atoms with Crippen molar-refractivity contribution in [3.63, 3.8) is 0 Å². The molecule has 5 rings (SSSR count). The van der Waals surface area contributed by atoms with Crippen LogP contribution in [0, 0.1) is 0 Å².